The van der Waals surface area contributed by atoms with Crippen molar-refractivity contribution in [1.29, 1.82) is 0 Å². The number of aryl methyl sites for hydroxylation is 1. The number of nitrogens with zero attached hydrogens (tertiary/aromatic N) is 2. The molecular formula is C22H23N3O3. The number of carbonyl (C=O) groups excluding carboxylic acids is 1. The number of amides is 1. The van der Waals surface area contributed by atoms with Gasteiger partial charge in [0.2, 0.25) is 5.91 Å². The molecule has 1 aliphatic carbocycles. The van der Waals surface area contributed by atoms with Crippen molar-refractivity contribution in [2.45, 2.75) is 38.3 Å². The van der Waals surface area contributed by atoms with Crippen LogP contribution in [0, 0.1) is 0 Å². The molecule has 6 heteroatoms. The molecule has 0 saturated heterocycles. The molecule has 2 aromatic carbocycles. The lowest BCUT2D eigenvalue weighted by Gasteiger charge is -2.22. The maximum Gasteiger partial charge on any atom is 0.273 e. The Labute approximate surface area is 162 Å². The first-order chi connectivity index (χ1) is 13.6. The summed E-state index contributed by atoms with van der Waals surface area (Å²) in [6, 6.07) is 17.2. The third kappa shape index (κ3) is 3.91. The van der Waals surface area contributed by atoms with E-state index >= 15 is 0 Å². The van der Waals surface area contributed by atoms with Gasteiger partial charge in [0.1, 0.15) is 0 Å². The van der Waals surface area contributed by atoms with Gasteiger partial charge in [0.15, 0.2) is 0 Å². The van der Waals surface area contributed by atoms with Crippen LogP contribution in [-0.4, -0.2) is 33.2 Å². The van der Waals surface area contributed by atoms with Gasteiger partial charge < -0.3 is 4.90 Å². The first-order valence-electron chi connectivity index (χ1n) is 9.69. The molecule has 0 spiro atoms. The molecule has 1 saturated carbocycles. The lowest BCUT2D eigenvalue weighted by atomic mass is 10.1. The van der Waals surface area contributed by atoms with E-state index in [1.54, 1.807) is 24.3 Å². The average molecular weight is 377 g/mol. The Kier molecular flexibility index (Phi) is 5.10. The van der Waals surface area contributed by atoms with Crippen molar-refractivity contribution >= 4 is 16.7 Å². The zero-order chi connectivity index (χ0) is 19.5. The van der Waals surface area contributed by atoms with Crippen molar-refractivity contribution in [3.8, 4) is 0 Å². The summed E-state index contributed by atoms with van der Waals surface area (Å²) in [5.41, 5.74) is 0.618. The molecular weight excluding hydrogens is 354 g/mol. The van der Waals surface area contributed by atoms with Crippen molar-refractivity contribution in [1.82, 2.24) is 14.7 Å². The van der Waals surface area contributed by atoms with Crippen LogP contribution in [0.15, 0.2) is 64.2 Å². The summed E-state index contributed by atoms with van der Waals surface area (Å²) in [5.74, 6) is 0.0272. The number of hydrogen-bond acceptors (Lipinski definition) is 3. The van der Waals surface area contributed by atoms with Crippen LogP contribution in [0.2, 0.25) is 0 Å². The predicted octanol–water partition coefficient (Wildman–Crippen LogP) is 2.31. The standard InChI is InChI=1S/C22H23N3O3/c26-20(24(17-10-11-17)14-12-16-6-2-1-3-7-16)13-15-25-22(28)19-9-5-4-8-18(19)21(27)23-25/h1-9,17H,10-15H2,(H,23,27). The number of rotatable bonds is 7. The molecule has 1 fully saturated rings. The zero-order valence-electron chi connectivity index (χ0n) is 15.6. The number of fused-ring (bicyclic) bond motifs is 1. The summed E-state index contributed by atoms with van der Waals surface area (Å²) in [5, 5.41) is 3.34. The molecule has 1 aromatic heterocycles. The second kappa shape index (κ2) is 7.84. The average Bonchev–Trinajstić information content (AvgIpc) is 3.56. The predicted molar refractivity (Wildman–Crippen MR) is 108 cm³/mol. The summed E-state index contributed by atoms with van der Waals surface area (Å²) in [4.78, 5) is 39.5. The number of benzene rings is 2. The van der Waals surface area contributed by atoms with Gasteiger partial charge in [-0.15, -0.1) is 0 Å². The van der Waals surface area contributed by atoms with E-state index in [1.807, 2.05) is 23.1 Å². The largest absolute Gasteiger partial charge is 0.339 e. The van der Waals surface area contributed by atoms with Gasteiger partial charge in [-0.05, 0) is 37.0 Å². The molecule has 0 aliphatic heterocycles. The highest BCUT2D eigenvalue weighted by Gasteiger charge is 2.31. The van der Waals surface area contributed by atoms with Crippen molar-refractivity contribution in [3.63, 3.8) is 0 Å². The number of H-pyrrole nitrogens is 1. The Morgan fingerprint density at radius 2 is 1.68 bits per heavy atom. The molecule has 1 aliphatic rings. The molecule has 144 valence electrons. The third-order valence-electron chi connectivity index (χ3n) is 5.23. The van der Waals surface area contributed by atoms with Gasteiger partial charge in [-0.3, -0.25) is 19.5 Å². The van der Waals surface area contributed by atoms with E-state index in [2.05, 4.69) is 17.2 Å². The maximum absolute atomic E-state index is 12.8. The minimum Gasteiger partial charge on any atom is -0.339 e. The van der Waals surface area contributed by atoms with E-state index in [0.29, 0.717) is 23.4 Å². The summed E-state index contributed by atoms with van der Waals surface area (Å²) < 4.78 is 1.25. The lowest BCUT2D eigenvalue weighted by Crippen LogP contribution is -2.37. The highest BCUT2D eigenvalue weighted by Crippen LogP contribution is 2.27. The normalized spacial score (nSPS) is 13.6. The first-order valence-corrected chi connectivity index (χ1v) is 9.69. The van der Waals surface area contributed by atoms with E-state index in [4.69, 9.17) is 0 Å². The molecule has 0 unspecified atom stereocenters. The van der Waals surface area contributed by atoms with E-state index in [9.17, 15) is 14.4 Å². The van der Waals surface area contributed by atoms with Crippen molar-refractivity contribution < 1.29 is 4.79 Å². The zero-order valence-corrected chi connectivity index (χ0v) is 15.6. The molecule has 1 amide bonds. The number of carbonyl (C=O) groups is 1. The van der Waals surface area contributed by atoms with Crippen molar-refractivity contribution in [2.75, 3.05) is 6.54 Å². The summed E-state index contributed by atoms with van der Waals surface area (Å²) in [6.45, 7) is 0.850. The highest BCUT2D eigenvalue weighted by atomic mass is 16.2. The molecule has 1 heterocycles. The van der Waals surface area contributed by atoms with Crippen LogP contribution in [-0.2, 0) is 17.8 Å². The van der Waals surface area contributed by atoms with Gasteiger partial charge in [-0.1, -0.05) is 42.5 Å². The Morgan fingerprint density at radius 3 is 2.39 bits per heavy atom. The number of hydrogen-bond donors (Lipinski definition) is 1. The summed E-state index contributed by atoms with van der Waals surface area (Å²) >= 11 is 0. The number of aromatic amines is 1. The number of aromatic nitrogens is 2. The molecule has 0 bridgehead atoms. The quantitative estimate of drug-likeness (QED) is 0.687. The van der Waals surface area contributed by atoms with Crippen LogP contribution in [0.5, 0.6) is 0 Å². The van der Waals surface area contributed by atoms with Crippen LogP contribution in [0.1, 0.15) is 24.8 Å². The smallest absolute Gasteiger partial charge is 0.273 e. The Bertz CT molecular complexity index is 1100. The second-order valence-corrected chi connectivity index (χ2v) is 7.25. The molecule has 28 heavy (non-hydrogen) atoms. The Hall–Kier alpha value is -3.15. The van der Waals surface area contributed by atoms with Gasteiger partial charge in [0.25, 0.3) is 11.1 Å². The van der Waals surface area contributed by atoms with E-state index in [1.165, 1.54) is 10.2 Å². The van der Waals surface area contributed by atoms with E-state index in [0.717, 1.165) is 19.3 Å². The van der Waals surface area contributed by atoms with Gasteiger partial charge in [-0.25, -0.2) is 4.68 Å². The third-order valence-corrected chi connectivity index (χ3v) is 5.23. The maximum atomic E-state index is 12.8. The molecule has 0 radical (unpaired) electrons. The Morgan fingerprint density at radius 1 is 1.00 bits per heavy atom. The van der Waals surface area contributed by atoms with E-state index in [-0.39, 0.29) is 30.0 Å². The first kappa shape index (κ1) is 18.2. The molecule has 4 rings (SSSR count). The molecule has 6 nitrogen and oxygen atoms in total. The molecule has 1 N–H and O–H groups in total. The highest BCUT2D eigenvalue weighted by molar-refractivity contribution is 5.80. The fourth-order valence-corrected chi connectivity index (χ4v) is 3.55. The van der Waals surface area contributed by atoms with Gasteiger partial charge in [0.05, 0.1) is 17.3 Å². The summed E-state index contributed by atoms with van der Waals surface area (Å²) in [6.07, 6.45) is 3.08. The van der Waals surface area contributed by atoms with Crippen molar-refractivity contribution in [3.05, 3.63) is 80.9 Å². The Balaban J connectivity index is 1.45. The monoisotopic (exact) mass is 377 g/mol. The van der Waals surface area contributed by atoms with Gasteiger partial charge >= 0.3 is 0 Å². The van der Waals surface area contributed by atoms with Gasteiger partial charge in [0, 0.05) is 19.0 Å². The topological polar surface area (TPSA) is 75.2 Å². The van der Waals surface area contributed by atoms with Crippen molar-refractivity contribution in [2.24, 2.45) is 0 Å². The lowest BCUT2D eigenvalue weighted by molar-refractivity contribution is -0.132. The fourth-order valence-electron chi connectivity index (χ4n) is 3.55. The van der Waals surface area contributed by atoms with E-state index < -0.39 is 0 Å². The SMILES string of the molecule is O=C(CCn1[nH]c(=O)c2ccccc2c1=O)N(CCc1ccccc1)C1CC1. The summed E-state index contributed by atoms with van der Waals surface area (Å²) in [7, 11) is 0. The van der Waals surface area contributed by atoms with Crippen LogP contribution in [0.25, 0.3) is 10.8 Å². The minimum atomic E-state index is -0.314. The molecule has 0 atom stereocenters. The minimum absolute atomic E-state index is 0.0272. The van der Waals surface area contributed by atoms with Crippen LogP contribution in [0.3, 0.4) is 0 Å². The molecule has 3 aromatic rings. The van der Waals surface area contributed by atoms with Crippen LogP contribution < -0.4 is 11.1 Å². The fraction of sp³-hybridized carbons (Fsp3) is 0.318. The van der Waals surface area contributed by atoms with Crippen LogP contribution in [0.4, 0.5) is 0 Å². The number of nitrogens with one attached hydrogen (secondary N) is 1. The van der Waals surface area contributed by atoms with Gasteiger partial charge in [-0.2, -0.15) is 0 Å². The second-order valence-electron chi connectivity index (χ2n) is 7.25. The van der Waals surface area contributed by atoms with Crippen LogP contribution >= 0.6 is 0 Å².